The molecule has 0 aromatic heterocycles. The van der Waals surface area contributed by atoms with Crippen LogP contribution < -0.4 is 5.32 Å². The molecule has 0 bridgehead atoms. The molecule has 1 aliphatic heterocycles. The minimum atomic E-state index is -0.552. The molecule has 0 spiro atoms. The molecule has 0 radical (unpaired) electrons. The number of hydrogen-bond acceptors (Lipinski definition) is 2. The van der Waals surface area contributed by atoms with Crippen LogP contribution in [0, 0.1) is 0 Å². The van der Waals surface area contributed by atoms with Crippen molar-refractivity contribution in [2.75, 3.05) is 0 Å². The minimum Gasteiger partial charge on any atom is -0.350 e. The predicted octanol–water partition coefficient (Wildman–Crippen LogP) is 5.39. The number of halogens is 2. The van der Waals surface area contributed by atoms with E-state index in [0.717, 1.165) is 16.7 Å². The summed E-state index contributed by atoms with van der Waals surface area (Å²) in [5, 5.41) is 3.99. The number of benzene rings is 3. The molecule has 1 heterocycles. The highest BCUT2D eigenvalue weighted by atomic mass is 35.5. The van der Waals surface area contributed by atoms with E-state index in [1.165, 1.54) is 0 Å². The summed E-state index contributed by atoms with van der Waals surface area (Å²) in [5.41, 5.74) is 2.72. The fourth-order valence-electron chi connectivity index (χ4n) is 4.03. The summed E-state index contributed by atoms with van der Waals surface area (Å²) in [6.07, 6.45) is 0.825. The topological polar surface area (TPSA) is 49.4 Å². The second-order valence-electron chi connectivity index (χ2n) is 7.53. The number of carbonyl (C=O) groups is 2. The number of nitrogens with one attached hydrogen (secondary N) is 1. The summed E-state index contributed by atoms with van der Waals surface area (Å²) in [6, 6.07) is 23.9. The summed E-state index contributed by atoms with van der Waals surface area (Å²) in [5.74, 6) is -0.212. The molecule has 0 saturated carbocycles. The molecule has 0 unspecified atom stereocenters. The van der Waals surface area contributed by atoms with Crippen LogP contribution in [0.4, 0.5) is 0 Å². The molecule has 2 amide bonds. The third-order valence-electron chi connectivity index (χ3n) is 5.54. The van der Waals surface area contributed by atoms with Crippen molar-refractivity contribution in [3.05, 3.63) is 106 Å². The second kappa shape index (κ2) is 9.54. The van der Waals surface area contributed by atoms with Gasteiger partial charge in [0.2, 0.25) is 11.8 Å². The monoisotopic (exact) mass is 452 g/mol. The third-order valence-corrected chi connectivity index (χ3v) is 6.12. The largest absolute Gasteiger partial charge is 0.350 e. The van der Waals surface area contributed by atoms with E-state index < -0.39 is 6.04 Å². The zero-order chi connectivity index (χ0) is 21.8. The van der Waals surface area contributed by atoms with Crippen molar-refractivity contribution in [3.63, 3.8) is 0 Å². The van der Waals surface area contributed by atoms with E-state index in [9.17, 15) is 9.59 Å². The van der Waals surface area contributed by atoms with Crippen LogP contribution in [0.1, 0.15) is 35.6 Å². The van der Waals surface area contributed by atoms with Gasteiger partial charge in [0, 0.05) is 23.0 Å². The number of amides is 2. The van der Waals surface area contributed by atoms with Gasteiger partial charge in [-0.1, -0.05) is 89.9 Å². The van der Waals surface area contributed by atoms with Crippen molar-refractivity contribution in [2.45, 2.75) is 31.5 Å². The van der Waals surface area contributed by atoms with E-state index >= 15 is 0 Å². The molecule has 1 N–H and O–H groups in total. The summed E-state index contributed by atoms with van der Waals surface area (Å²) < 4.78 is 0. The first kappa shape index (κ1) is 21.4. The lowest BCUT2D eigenvalue weighted by molar-refractivity contribution is -0.137. The number of likely N-dealkylation sites (tertiary alicyclic amines) is 1. The highest BCUT2D eigenvalue weighted by molar-refractivity contribution is 6.35. The highest BCUT2D eigenvalue weighted by Crippen LogP contribution is 2.35. The molecular formula is C25H22Cl2N2O2. The SMILES string of the molecule is O=C(NCc1ccc(Cl)cc1Cl)[C@@H]1CCC(=O)N1C(c1ccccc1)c1ccccc1. The van der Waals surface area contributed by atoms with E-state index in [1.54, 1.807) is 23.1 Å². The molecular weight excluding hydrogens is 431 g/mol. The standard InChI is InChI=1S/C25H22Cl2N2O2/c26-20-12-11-19(21(27)15-20)16-28-25(31)22-13-14-23(30)29(22)24(17-7-3-1-4-8-17)18-9-5-2-6-10-18/h1-12,15,22,24H,13-14,16H2,(H,28,31)/t22-/m0/s1. The van der Waals surface area contributed by atoms with Gasteiger partial charge in [-0.2, -0.15) is 0 Å². The van der Waals surface area contributed by atoms with Crippen LogP contribution in [0.2, 0.25) is 10.0 Å². The summed E-state index contributed by atoms with van der Waals surface area (Å²) >= 11 is 12.2. The van der Waals surface area contributed by atoms with Gasteiger partial charge in [0.25, 0.3) is 0 Å². The molecule has 0 aliphatic carbocycles. The van der Waals surface area contributed by atoms with Crippen molar-refractivity contribution in [2.24, 2.45) is 0 Å². The zero-order valence-electron chi connectivity index (χ0n) is 16.8. The van der Waals surface area contributed by atoms with Crippen molar-refractivity contribution >= 4 is 35.0 Å². The first-order valence-corrected chi connectivity index (χ1v) is 10.9. The average molecular weight is 453 g/mol. The van der Waals surface area contributed by atoms with Gasteiger partial charge in [-0.15, -0.1) is 0 Å². The Morgan fingerprint density at radius 3 is 2.16 bits per heavy atom. The Labute approximate surface area is 191 Å². The van der Waals surface area contributed by atoms with Crippen molar-refractivity contribution in [3.8, 4) is 0 Å². The van der Waals surface area contributed by atoms with Gasteiger partial charge >= 0.3 is 0 Å². The maximum Gasteiger partial charge on any atom is 0.243 e. The molecule has 31 heavy (non-hydrogen) atoms. The van der Waals surface area contributed by atoms with Gasteiger partial charge in [0.15, 0.2) is 0 Å². The lowest BCUT2D eigenvalue weighted by atomic mass is 9.96. The van der Waals surface area contributed by atoms with Crippen molar-refractivity contribution in [1.82, 2.24) is 10.2 Å². The van der Waals surface area contributed by atoms with Crippen LogP contribution in [0.15, 0.2) is 78.9 Å². The van der Waals surface area contributed by atoms with Crippen LogP contribution in [0.5, 0.6) is 0 Å². The van der Waals surface area contributed by atoms with Gasteiger partial charge in [0.05, 0.1) is 6.04 Å². The van der Waals surface area contributed by atoms with Crippen LogP contribution >= 0.6 is 23.2 Å². The summed E-state index contributed by atoms with van der Waals surface area (Å²) in [6.45, 7) is 0.273. The molecule has 4 rings (SSSR count). The number of carbonyl (C=O) groups excluding carboxylic acids is 2. The lowest BCUT2D eigenvalue weighted by Gasteiger charge is -2.33. The number of hydrogen-bond donors (Lipinski definition) is 1. The van der Waals surface area contributed by atoms with Crippen molar-refractivity contribution < 1.29 is 9.59 Å². The fraction of sp³-hybridized carbons (Fsp3) is 0.200. The third kappa shape index (κ3) is 4.76. The van der Waals surface area contributed by atoms with Crippen LogP contribution in [-0.4, -0.2) is 22.8 Å². The number of rotatable bonds is 6. The highest BCUT2D eigenvalue weighted by Gasteiger charge is 2.41. The minimum absolute atomic E-state index is 0.0256. The normalized spacial score (nSPS) is 16.0. The summed E-state index contributed by atoms with van der Waals surface area (Å²) in [4.78, 5) is 27.8. The van der Waals surface area contributed by atoms with Gasteiger partial charge < -0.3 is 10.2 Å². The fourth-order valence-corrected chi connectivity index (χ4v) is 4.51. The van der Waals surface area contributed by atoms with Crippen molar-refractivity contribution in [1.29, 1.82) is 0 Å². The second-order valence-corrected chi connectivity index (χ2v) is 8.38. The van der Waals surface area contributed by atoms with Gasteiger partial charge in [0.1, 0.15) is 6.04 Å². The summed E-state index contributed by atoms with van der Waals surface area (Å²) in [7, 11) is 0. The Balaban J connectivity index is 1.60. The lowest BCUT2D eigenvalue weighted by Crippen LogP contribution is -2.46. The Morgan fingerprint density at radius 2 is 1.58 bits per heavy atom. The van der Waals surface area contributed by atoms with Gasteiger partial charge in [-0.25, -0.2) is 0 Å². The average Bonchev–Trinajstić information content (AvgIpc) is 3.16. The number of nitrogens with zero attached hydrogens (tertiary/aromatic N) is 1. The molecule has 6 heteroatoms. The molecule has 1 fully saturated rings. The molecule has 1 atom stereocenters. The Bertz CT molecular complexity index is 1030. The van der Waals surface area contributed by atoms with E-state index in [2.05, 4.69) is 5.32 Å². The molecule has 158 valence electrons. The van der Waals surface area contributed by atoms with E-state index in [-0.39, 0.29) is 24.4 Å². The van der Waals surface area contributed by atoms with E-state index in [0.29, 0.717) is 22.9 Å². The van der Waals surface area contributed by atoms with E-state index in [4.69, 9.17) is 23.2 Å². The molecule has 3 aromatic carbocycles. The van der Waals surface area contributed by atoms with E-state index in [1.807, 2.05) is 60.7 Å². The smallest absolute Gasteiger partial charge is 0.243 e. The first-order chi connectivity index (χ1) is 15.0. The van der Waals surface area contributed by atoms with Crippen LogP contribution in [0.25, 0.3) is 0 Å². The Hall–Kier alpha value is -2.82. The molecule has 4 nitrogen and oxygen atoms in total. The molecule has 1 saturated heterocycles. The maximum atomic E-state index is 13.1. The van der Waals surface area contributed by atoms with Gasteiger partial charge in [-0.05, 0) is 35.2 Å². The van der Waals surface area contributed by atoms with Crippen LogP contribution in [-0.2, 0) is 16.1 Å². The predicted molar refractivity (Wildman–Crippen MR) is 123 cm³/mol. The quantitative estimate of drug-likeness (QED) is 0.544. The molecule has 3 aromatic rings. The Kier molecular flexibility index (Phi) is 6.59. The zero-order valence-corrected chi connectivity index (χ0v) is 18.3. The Morgan fingerprint density at radius 1 is 0.968 bits per heavy atom. The maximum absolute atomic E-state index is 13.1. The molecule has 1 aliphatic rings. The van der Waals surface area contributed by atoms with Gasteiger partial charge in [-0.3, -0.25) is 9.59 Å². The van der Waals surface area contributed by atoms with Crippen LogP contribution in [0.3, 0.4) is 0 Å². The first-order valence-electron chi connectivity index (χ1n) is 10.2.